The number of hydrogen-bond acceptors (Lipinski definition) is 3. The van der Waals surface area contributed by atoms with Crippen molar-refractivity contribution in [3.63, 3.8) is 0 Å². The lowest BCUT2D eigenvalue weighted by atomic mass is 9.94. The zero-order valence-corrected chi connectivity index (χ0v) is 12.3. The minimum absolute atomic E-state index is 0.264. The fourth-order valence-corrected chi connectivity index (χ4v) is 2.94. The van der Waals surface area contributed by atoms with Crippen LogP contribution in [-0.2, 0) is 6.54 Å². The Morgan fingerprint density at radius 2 is 2.30 bits per heavy atom. The first-order chi connectivity index (χ1) is 9.72. The van der Waals surface area contributed by atoms with Crippen LogP contribution in [-0.4, -0.2) is 31.1 Å². The third-order valence-corrected chi connectivity index (χ3v) is 3.88. The fourth-order valence-electron chi connectivity index (χ4n) is 2.94. The highest BCUT2D eigenvalue weighted by Crippen LogP contribution is 2.23. The van der Waals surface area contributed by atoms with Crippen molar-refractivity contribution in [1.29, 1.82) is 0 Å². The molecule has 1 fully saturated rings. The lowest BCUT2D eigenvalue weighted by Crippen LogP contribution is -2.35. The van der Waals surface area contributed by atoms with E-state index in [1.807, 2.05) is 13.0 Å². The van der Waals surface area contributed by atoms with Gasteiger partial charge in [-0.05, 0) is 62.9 Å². The standard InChI is InChI=1S/C16H25FN2O/c1-2-20-16-6-5-14(10-15(16)17)12-19-9-3-4-13(11-19)7-8-18/h5-6,10,13H,2-4,7-9,11-12,18H2,1H3. The molecule has 0 saturated carbocycles. The Labute approximate surface area is 120 Å². The molecule has 0 aromatic heterocycles. The minimum atomic E-state index is -0.264. The number of ether oxygens (including phenoxy) is 1. The Kier molecular flexibility index (Phi) is 5.80. The van der Waals surface area contributed by atoms with Gasteiger partial charge in [-0.25, -0.2) is 4.39 Å². The van der Waals surface area contributed by atoms with E-state index in [-0.39, 0.29) is 5.82 Å². The van der Waals surface area contributed by atoms with Crippen LogP contribution >= 0.6 is 0 Å². The number of halogens is 1. The van der Waals surface area contributed by atoms with Crippen molar-refractivity contribution in [3.05, 3.63) is 29.6 Å². The SMILES string of the molecule is CCOc1ccc(CN2CCCC(CCN)C2)cc1F. The highest BCUT2D eigenvalue weighted by Gasteiger charge is 2.19. The maximum absolute atomic E-state index is 13.8. The monoisotopic (exact) mass is 280 g/mol. The van der Waals surface area contributed by atoms with Crippen LogP contribution in [0.15, 0.2) is 18.2 Å². The lowest BCUT2D eigenvalue weighted by molar-refractivity contribution is 0.163. The Morgan fingerprint density at radius 3 is 3.00 bits per heavy atom. The molecule has 20 heavy (non-hydrogen) atoms. The van der Waals surface area contributed by atoms with Crippen LogP contribution in [0.4, 0.5) is 4.39 Å². The van der Waals surface area contributed by atoms with Crippen LogP contribution in [0.2, 0.25) is 0 Å². The molecule has 0 spiro atoms. The highest BCUT2D eigenvalue weighted by atomic mass is 19.1. The molecule has 1 unspecified atom stereocenters. The van der Waals surface area contributed by atoms with Crippen molar-refractivity contribution in [1.82, 2.24) is 4.90 Å². The van der Waals surface area contributed by atoms with Crippen LogP contribution in [0, 0.1) is 11.7 Å². The quantitative estimate of drug-likeness (QED) is 0.871. The number of nitrogens with two attached hydrogens (primary N) is 1. The lowest BCUT2D eigenvalue weighted by Gasteiger charge is -2.32. The van der Waals surface area contributed by atoms with Crippen molar-refractivity contribution in [2.75, 3.05) is 26.2 Å². The van der Waals surface area contributed by atoms with Gasteiger partial charge >= 0.3 is 0 Å². The number of nitrogens with zero attached hydrogens (tertiary/aromatic N) is 1. The molecule has 1 atom stereocenters. The van der Waals surface area contributed by atoms with E-state index < -0.39 is 0 Å². The smallest absolute Gasteiger partial charge is 0.165 e. The van der Waals surface area contributed by atoms with E-state index in [9.17, 15) is 4.39 Å². The molecule has 2 N–H and O–H groups in total. The van der Waals surface area contributed by atoms with E-state index in [0.717, 1.165) is 38.2 Å². The fraction of sp³-hybridized carbons (Fsp3) is 0.625. The molecule has 112 valence electrons. The van der Waals surface area contributed by atoms with E-state index in [1.54, 1.807) is 12.1 Å². The van der Waals surface area contributed by atoms with Crippen LogP contribution in [0.5, 0.6) is 5.75 Å². The van der Waals surface area contributed by atoms with Gasteiger partial charge in [0.1, 0.15) is 0 Å². The molecule has 0 aliphatic carbocycles. The summed E-state index contributed by atoms with van der Waals surface area (Å²) in [6.07, 6.45) is 3.57. The molecule has 0 amide bonds. The van der Waals surface area contributed by atoms with Gasteiger partial charge in [0.05, 0.1) is 6.61 Å². The number of hydrogen-bond donors (Lipinski definition) is 1. The van der Waals surface area contributed by atoms with E-state index in [0.29, 0.717) is 18.3 Å². The van der Waals surface area contributed by atoms with E-state index in [4.69, 9.17) is 10.5 Å². The molecule has 1 aromatic carbocycles. The van der Waals surface area contributed by atoms with Crippen molar-refractivity contribution in [2.24, 2.45) is 11.7 Å². The second-order valence-electron chi connectivity index (χ2n) is 5.52. The molecule has 4 heteroatoms. The summed E-state index contributed by atoms with van der Waals surface area (Å²) in [5.41, 5.74) is 6.65. The Bertz CT molecular complexity index is 423. The van der Waals surface area contributed by atoms with Gasteiger partial charge in [-0.15, -0.1) is 0 Å². The third kappa shape index (κ3) is 4.18. The Hall–Kier alpha value is -1.13. The average Bonchev–Trinajstić information content (AvgIpc) is 2.43. The van der Waals surface area contributed by atoms with E-state index in [2.05, 4.69) is 4.90 Å². The number of benzene rings is 1. The highest BCUT2D eigenvalue weighted by molar-refractivity contribution is 5.29. The first-order valence-electron chi connectivity index (χ1n) is 7.56. The maximum atomic E-state index is 13.8. The molecular weight excluding hydrogens is 255 g/mol. The molecule has 1 aliphatic heterocycles. The molecule has 0 bridgehead atoms. The van der Waals surface area contributed by atoms with Crippen LogP contribution < -0.4 is 10.5 Å². The summed E-state index contributed by atoms with van der Waals surface area (Å²) >= 11 is 0. The van der Waals surface area contributed by atoms with Gasteiger partial charge in [-0.1, -0.05) is 6.07 Å². The second kappa shape index (κ2) is 7.60. The predicted molar refractivity (Wildman–Crippen MR) is 79.2 cm³/mol. The molecule has 1 saturated heterocycles. The van der Waals surface area contributed by atoms with Gasteiger partial charge in [0, 0.05) is 13.1 Å². The number of piperidine rings is 1. The van der Waals surface area contributed by atoms with Gasteiger partial charge in [-0.3, -0.25) is 4.90 Å². The summed E-state index contributed by atoms with van der Waals surface area (Å²) in [6.45, 7) is 6.09. The van der Waals surface area contributed by atoms with Gasteiger partial charge < -0.3 is 10.5 Å². The zero-order valence-electron chi connectivity index (χ0n) is 12.3. The summed E-state index contributed by atoms with van der Waals surface area (Å²) in [7, 11) is 0. The Balaban J connectivity index is 1.94. The number of likely N-dealkylation sites (tertiary alicyclic amines) is 1. The largest absolute Gasteiger partial charge is 0.491 e. The van der Waals surface area contributed by atoms with Crippen molar-refractivity contribution in [3.8, 4) is 5.75 Å². The van der Waals surface area contributed by atoms with Crippen LogP contribution in [0.25, 0.3) is 0 Å². The zero-order chi connectivity index (χ0) is 14.4. The second-order valence-corrected chi connectivity index (χ2v) is 5.52. The summed E-state index contributed by atoms with van der Waals surface area (Å²) in [6, 6.07) is 5.29. The van der Waals surface area contributed by atoms with Crippen molar-refractivity contribution >= 4 is 0 Å². The number of rotatable bonds is 6. The molecule has 0 radical (unpaired) electrons. The summed E-state index contributed by atoms with van der Waals surface area (Å²) in [5, 5.41) is 0. The third-order valence-electron chi connectivity index (χ3n) is 3.88. The minimum Gasteiger partial charge on any atom is -0.491 e. The van der Waals surface area contributed by atoms with Crippen LogP contribution in [0.1, 0.15) is 31.7 Å². The van der Waals surface area contributed by atoms with Gasteiger partial charge in [0.2, 0.25) is 0 Å². The first-order valence-corrected chi connectivity index (χ1v) is 7.56. The topological polar surface area (TPSA) is 38.5 Å². The summed E-state index contributed by atoms with van der Waals surface area (Å²) in [5.74, 6) is 0.775. The Morgan fingerprint density at radius 1 is 1.45 bits per heavy atom. The average molecular weight is 280 g/mol. The van der Waals surface area contributed by atoms with Gasteiger partial charge in [-0.2, -0.15) is 0 Å². The van der Waals surface area contributed by atoms with Gasteiger partial charge in [0.15, 0.2) is 11.6 Å². The van der Waals surface area contributed by atoms with Crippen LogP contribution in [0.3, 0.4) is 0 Å². The molecule has 2 rings (SSSR count). The van der Waals surface area contributed by atoms with Crippen molar-refractivity contribution < 1.29 is 9.13 Å². The predicted octanol–water partition coefficient (Wildman–Crippen LogP) is 2.79. The summed E-state index contributed by atoms with van der Waals surface area (Å²) in [4.78, 5) is 2.40. The first kappa shape index (κ1) is 15.3. The molecular formula is C16H25FN2O. The molecule has 1 heterocycles. The molecule has 3 nitrogen and oxygen atoms in total. The normalized spacial score (nSPS) is 20.1. The van der Waals surface area contributed by atoms with E-state index >= 15 is 0 Å². The summed E-state index contributed by atoms with van der Waals surface area (Å²) < 4.78 is 19.1. The van der Waals surface area contributed by atoms with Gasteiger partial charge in [0.25, 0.3) is 0 Å². The molecule has 1 aromatic rings. The van der Waals surface area contributed by atoms with E-state index in [1.165, 1.54) is 12.8 Å². The maximum Gasteiger partial charge on any atom is 0.165 e. The molecule has 1 aliphatic rings. The van der Waals surface area contributed by atoms with Crippen molar-refractivity contribution in [2.45, 2.75) is 32.7 Å².